The van der Waals surface area contributed by atoms with Crippen molar-refractivity contribution in [3.63, 3.8) is 0 Å². The monoisotopic (exact) mass is 278 g/mol. The first-order valence-electron chi connectivity index (χ1n) is 6.40. The summed E-state index contributed by atoms with van der Waals surface area (Å²) in [5.41, 5.74) is 5.10. The van der Waals surface area contributed by atoms with Crippen LogP contribution < -0.4 is 0 Å². The van der Waals surface area contributed by atoms with Gasteiger partial charge in [0.1, 0.15) is 0 Å². The maximum absolute atomic E-state index is 6.55. The van der Waals surface area contributed by atoms with Crippen molar-refractivity contribution in [2.24, 2.45) is 0 Å². The van der Waals surface area contributed by atoms with E-state index in [1.807, 2.05) is 0 Å². The number of rotatable bonds is 4. The third-order valence-corrected chi connectivity index (χ3v) is 4.95. The maximum Gasteiger partial charge on any atom is 0.0846 e. The molecular formula is C16H19ClS. The first-order valence-corrected chi connectivity index (χ1v) is 7.78. The van der Waals surface area contributed by atoms with Crippen LogP contribution in [0, 0.1) is 6.92 Å². The van der Waals surface area contributed by atoms with E-state index in [2.05, 4.69) is 55.8 Å². The SMILES string of the molecule is CCC(C)c1ccc(C(Cl)c2cscc2C)cc1. The molecule has 2 heteroatoms. The summed E-state index contributed by atoms with van der Waals surface area (Å²) in [4.78, 5) is 0. The lowest BCUT2D eigenvalue weighted by Gasteiger charge is -2.13. The van der Waals surface area contributed by atoms with Crippen molar-refractivity contribution in [3.05, 3.63) is 57.3 Å². The van der Waals surface area contributed by atoms with Gasteiger partial charge in [-0.1, -0.05) is 38.1 Å². The van der Waals surface area contributed by atoms with Crippen LogP contribution in [-0.2, 0) is 0 Å². The smallest absolute Gasteiger partial charge is 0.0846 e. The van der Waals surface area contributed by atoms with E-state index in [1.165, 1.54) is 28.7 Å². The van der Waals surface area contributed by atoms with Gasteiger partial charge in [-0.05, 0) is 52.3 Å². The Bertz CT molecular complexity index is 498. The molecule has 18 heavy (non-hydrogen) atoms. The summed E-state index contributed by atoms with van der Waals surface area (Å²) in [5.74, 6) is 0.621. The number of halogens is 1. The van der Waals surface area contributed by atoms with Gasteiger partial charge in [0, 0.05) is 0 Å². The predicted octanol–water partition coefficient (Wildman–Crippen LogP) is 5.90. The van der Waals surface area contributed by atoms with Crippen LogP contribution in [0.1, 0.15) is 53.8 Å². The van der Waals surface area contributed by atoms with Crippen LogP contribution in [0.2, 0.25) is 0 Å². The Balaban J connectivity index is 2.22. The molecule has 0 spiro atoms. The summed E-state index contributed by atoms with van der Waals surface area (Å²) in [6.45, 7) is 6.60. The molecule has 0 aliphatic heterocycles. The summed E-state index contributed by atoms with van der Waals surface area (Å²) < 4.78 is 0. The molecule has 2 atom stereocenters. The third-order valence-electron chi connectivity index (χ3n) is 3.58. The molecule has 0 radical (unpaired) electrons. The topological polar surface area (TPSA) is 0 Å². The van der Waals surface area contributed by atoms with Gasteiger partial charge in [-0.2, -0.15) is 11.3 Å². The van der Waals surface area contributed by atoms with Crippen molar-refractivity contribution in [3.8, 4) is 0 Å². The van der Waals surface area contributed by atoms with E-state index < -0.39 is 0 Å². The number of hydrogen-bond donors (Lipinski definition) is 0. The molecule has 2 rings (SSSR count). The van der Waals surface area contributed by atoms with E-state index in [0.717, 1.165) is 0 Å². The normalized spacial score (nSPS) is 14.4. The Morgan fingerprint density at radius 1 is 1.11 bits per heavy atom. The van der Waals surface area contributed by atoms with Gasteiger partial charge in [0.2, 0.25) is 0 Å². The molecule has 2 aromatic rings. The highest BCUT2D eigenvalue weighted by Gasteiger charge is 2.14. The van der Waals surface area contributed by atoms with Crippen LogP contribution in [0.25, 0.3) is 0 Å². The summed E-state index contributed by atoms with van der Waals surface area (Å²) in [6.07, 6.45) is 1.17. The lowest BCUT2D eigenvalue weighted by Crippen LogP contribution is -1.96. The maximum atomic E-state index is 6.55. The van der Waals surface area contributed by atoms with Crippen molar-refractivity contribution >= 4 is 22.9 Å². The zero-order chi connectivity index (χ0) is 13.1. The fourth-order valence-corrected chi connectivity index (χ4v) is 3.37. The van der Waals surface area contributed by atoms with Gasteiger partial charge in [0.15, 0.2) is 0 Å². The second-order valence-electron chi connectivity index (χ2n) is 4.85. The van der Waals surface area contributed by atoms with Gasteiger partial charge in [-0.3, -0.25) is 0 Å². The standard InChI is InChI=1S/C16H19ClS/c1-4-11(2)13-5-7-14(8-6-13)16(17)15-10-18-9-12(15)3/h5-11,16H,4H2,1-3H3. The molecule has 1 aromatic carbocycles. The molecule has 0 nitrogen and oxygen atoms in total. The van der Waals surface area contributed by atoms with Gasteiger partial charge in [0.25, 0.3) is 0 Å². The number of alkyl halides is 1. The molecule has 0 fully saturated rings. The van der Waals surface area contributed by atoms with E-state index in [4.69, 9.17) is 11.6 Å². The third kappa shape index (κ3) is 2.78. The highest BCUT2D eigenvalue weighted by atomic mass is 35.5. The summed E-state index contributed by atoms with van der Waals surface area (Å²) in [6, 6.07) is 8.74. The van der Waals surface area contributed by atoms with E-state index in [9.17, 15) is 0 Å². The highest BCUT2D eigenvalue weighted by Crippen LogP contribution is 2.33. The van der Waals surface area contributed by atoms with Crippen molar-refractivity contribution in [2.45, 2.75) is 38.5 Å². The lowest BCUT2D eigenvalue weighted by molar-refractivity contribution is 0.733. The predicted molar refractivity (Wildman–Crippen MR) is 81.9 cm³/mol. The van der Waals surface area contributed by atoms with Crippen LogP contribution in [0.3, 0.4) is 0 Å². The first kappa shape index (κ1) is 13.6. The quantitative estimate of drug-likeness (QED) is 0.611. The van der Waals surface area contributed by atoms with Crippen LogP contribution in [0.4, 0.5) is 0 Å². The van der Waals surface area contributed by atoms with Gasteiger partial charge in [0.05, 0.1) is 5.38 Å². The van der Waals surface area contributed by atoms with Crippen LogP contribution >= 0.6 is 22.9 Å². The molecule has 0 bridgehead atoms. The van der Waals surface area contributed by atoms with Crippen molar-refractivity contribution in [1.29, 1.82) is 0 Å². The Hall–Kier alpha value is -0.790. The van der Waals surface area contributed by atoms with Gasteiger partial charge in [-0.15, -0.1) is 11.6 Å². The first-order chi connectivity index (χ1) is 8.63. The molecular weight excluding hydrogens is 260 g/mol. The molecule has 1 heterocycles. The van der Waals surface area contributed by atoms with Gasteiger partial charge in [-0.25, -0.2) is 0 Å². The Morgan fingerprint density at radius 2 is 1.72 bits per heavy atom. The fraction of sp³-hybridized carbons (Fsp3) is 0.375. The van der Waals surface area contributed by atoms with E-state index in [-0.39, 0.29) is 5.38 Å². The molecule has 0 saturated carbocycles. The van der Waals surface area contributed by atoms with Crippen LogP contribution in [-0.4, -0.2) is 0 Å². The zero-order valence-electron chi connectivity index (χ0n) is 11.1. The Morgan fingerprint density at radius 3 is 2.22 bits per heavy atom. The average molecular weight is 279 g/mol. The summed E-state index contributed by atoms with van der Waals surface area (Å²) in [5, 5.41) is 4.27. The second kappa shape index (κ2) is 5.90. The van der Waals surface area contributed by atoms with Gasteiger partial charge >= 0.3 is 0 Å². The number of thiophene rings is 1. The zero-order valence-corrected chi connectivity index (χ0v) is 12.7. The number of hydrogen-bond acceptors (Lipinski definition) is 1. The second-order valence-corrected chi connectivity index (χ2v) is 6.03. The fourth-order valence-electron chi connectivity index (χ4n) is 2.04. The number of aryl methyl sites for hydroxylation is 1. The van der Waals surface area contributed by atoms with E-state index in [1.54, 1.807) is 11.3 Å². The largest absolute Gasteiger partial charge is 0.152 e. The number of benzene rings is 1. The molecule has 0 aliphatic rings. The van der Waals surface area contributed by atoms with Crippen LogP contribution in [0.5, 0.6) is 0 Å². The molecule has 0 amide bonds. The average Bonchev–Trinajstić information content (AvgIpc) is 2.83. The van der Waals surface area contributed by atoms with Crippen molar-refractivity contribution in [2.75, 3.05) is 0 Å². The van der Waals surface area contributed by atoms with Crippen molar-refractivity contribution in [1.82, 2.24) is 0 Å². The van der Waals surface area contributed by atoms with Crippen molar-refractivity contribution < 1.29 is 0 Å². The molecule has 0 saturated heterocycles. The summed E-state index contributed by atoms with van der Waals surface area (Å²) >= 11 is 8.27. The molecule has 2 unspecified atom stereocenters. The van der Waals surface area contributed by atoms with E-state index >= 15 is 0 Å². The molecule has 0 N–H and O–H groups in total. The molecule has 96 valence electrons. The van der Waals surface area contributed by atoms with Gasteiger partial charge < -0.3 is 0 Å². The minimum atomic E-state index is -0.0257. The minimum Gasteiger partial charge on any atom is -0.152 e. The Kier molecular flexibility index (Phi) is 4.47. The minimum absolute atomic E-state index is 0.0257. The highest BCUT2D eigenvalue weighted by molar-refractivity contribution is 7.08. The Labute approximate surface area is 119 Å². The molecule has 1 aromatic heterocycles. The lowest BCUT2D eigenvalue weighted by atomic mass is 9.96. The summed E-state index contributed by atoms with van der Waals surface area (Å²) in [7, 11) is 0. The molecule has 0 aliphatic carbocycles. The van der Waals surface area contributed by atoms with Crippen LogP contribution in [0.15, 0.2) is 35.0 Å². The van der Waals surface area contributed by atoms with E-state index in [0.29, 0.717) is 5.92 Å².